The zero-order valence-corrected chi connectivity index (χ0v) is 16.4. The van der Waals surface area contributed by atoms with Crippen molar-refractivity contribution in [3.05, 3.63) is 23.8 Å². The highest BCUT2D eigenvalue weighted by molar-refractivity contribution is 5.88. The van der Waals surface area contributed by atoms with Gasteiger partial charge in [-0.25, -0.2) is 0 Å². The van der Waals surface area contributed by atoms with E-state index in [2.05, 4.69) is 22.8 Å². The van der Waals surface area contributed by atoms with Crippen molar-refractivity contribution in [2.24, 2.45) is 5.92 Å². The van der Waals surface area contributed by atoms with Crippen molar-refractivity contribution in [3.63, 3.8) is 0 Å². The van der Waals surface area contributed by atoms with Gasteiger partial charge < -0.3 is 20.3 Å². The predicted molar refractivity (Wildman–Crippen MR) is 103 cm³/mol. The summed E-state index contributed by atoms with van der Waals surface area (Å²) in [6.07, 6.45) is 10.7. The van der Waals surface area contributed by atoms with E-state index in [4.69, 9.17) is 4.74 Å². The topological polar surface area (TPSA) is 87.7 Å². The Bertz CT molecular complexity index is 602. The molecule has 2 aliphatic rings. The largest absolute Gasteiger partial charge is 0.378 e. The second-order valence-electron chi connectivity index (χ2n) is 7.18. The van der Waals surface area contributed by atoms with Gasteiger partial charge in [0, 0.05) is 27.1 Å². The summed E-state index contributed by atoms with van der Waals surface area (Å²) < 4.78 is 5.58. The number of likely N-dealkylation sites (tertiary alicyclic amines) is 1. The van der Waals surface area contributed by atoms with E-state index in [1.165, 1.54) is 0 Å². The molecule has 2 rings (SSSR count). The first-order valence-electron chi connectivity index (χ1n) is 9.63. The third-order valence-electron chi connectivity index (χ3n) is 5.43. The summed E-state index contributed by atoms with van der Waals surface area (Å²) in [5.74, 6) is -0.947. The van der Waals surface area contributed by atoms with E-state index in [-0.39, 0.29) is 17.9 Å². The van der Waals surface area contributed by atoms with E-state index in [9.17, 15) is 14.4 Å². The van der Waals surface area contributed by atoms with Crippen LogP contribution in [0.5, 0.6) is 0 Å². The van der Waals surface area contributed by atoms with E-state index in [0.717, 1.165) is 37.7 Å². The first kappa shape index (κ1) is 21.2. The van der Waals surface area contributed by atoms with Crippen LogP contribution >= 0.6 is 0 Å². The molecule has 1 heterocycles. The lowest BCUT2D eigenvalue weighted by Gasteiger charge is -2.32. The summed E-state index contributed by atoms with van der Waals surface area (Å²) >= 11 is 0. The molecule has 1 aliphatic carbocycles. The fraction of sp³-hybridized carbons (Fsp3) is 0.650. The number of allylic oxidation sites excluding steroid dienone is 3. The first-order valence-corrected chi connectivity index (χ1v) is 9.63. The fourth-order valence-electron chi connectivity index (χ4n) is 3.88. The molecule has 3 amide bonds. The molecule has 0 aromatic rings. The highest BCUT2D eigenvalue weighted by atomic mass is 16.5. The Labute approximate surface area is 161 Å². The Kier molecular flexibility index (Phi) is 8.03. The van der Waals surface area contributed by atoms with Crippen LogP contribution in [0.3, 0.4) is 0 Å². The van der Waals surface area contributed by atoms with Crippen LogP contribution in [0.2, 0.25) is 0 Å². The van der Waals surface area contributed by atoms with Crippen molar-refractivity contribution < 1.29 is 19.1 Å². The van der Waals surface area contributed by atoms with Gasteiger partial charge in [0.05, 0.1) is 18.1 Å². The van der Waals surface area contributed by atoms with Crippen LogP contribution in [0, 0.1) is 5.92 Å². The molecule has 1 fully saturated rings. The number of amides is 3. The molecule has 27 heavy (non-hydrogen) atoms. The minimum Gasteiger partial charge on any atom is -0.378 e. The number of rotatable bonds is 9. The van der Waals surface area contributed by atoms with Gasteiger partial charge >= 0.3 is 0 Å². The van der Waals surface area contributed by atoms with Crippen LogP contribution < -0.4 is 10.6 Å². The number of methoxy groups -OCH3 is 1. The number of hydrogen-bond donors (Lipinski definition) is 2. The molecule has 7 heteroatoms. The number of nitrogens with one attached hydrogen (secondary N) is 2. The highest BCUT2D eigenvalue weighted by Gasteiger charge is 2.38. The molecular formula is C20H31N3O4. The number of nitrogens with zero attached hydrogens (tertiary/aromatic N) is 1. The van der Waals surface area contributed by atoms with Gasteiger partial charge in [0.1, 0.15) is 6.04 Å². The van der Waals surface area contributed by atoms with E-state index in [1.54, 1.807) is 26.0 Å². The van der Waals surface area contributed by atoms with Crippen molar-refractivity contribution in [1.82, 2.24) is 15.5 Å². The van der Waals surface area contributed by atoms with Crippen LogP contribution in [0.1, 0.15) is 39.0 Å². The standard InChI is InChI=1S/C20H31N3O4/c1-14(18(27-3)17-10-7-11-23(17)13-24)19(25)22-16(20(26)21-2)12-15-8-5-4-6-9-15/h5,8-9,13-14,16-18H,4,6-7,10-12H2,1-3H3,(H,21,26)(H,22,25). The summed E-state index contributed by atoms with van der Waals surface area (Å²) in [7, 11) is 3.12. The Balaban J connectivity index is 2.05. The van der Waals surface area contributed by atoms with Crippen LogP contribution in [0.25, 0.3) is 0 Å². The minimum atomic E-state index is -0.637. The predicted octanol–water partition coefficient (Wildman–Crippen LogP) is 1.16. The van der Waals surface area contributed by atoms with Crippen molar-refractivity contribution in [2.75, 3.05) is 20.7 Å². The normalized spacial score (nSPS) is 22.6. The third kappa shape index (κ3) is 5.42. The molecular weight excluding hydrogens is 346 g/mol. The maximum absolute atomic E-state index is 12.9. The van der Waals surface area contributed by atoms with Crippen molar-refractivity contribution in [3.8, 4) is 0 Å². The number of carbonyl (C=O) groups is 3. The average molecular weight is 377 g/mol. The highest BCUT2D eigenvalue weighted by Crippen LogP contribution is 2.25. The Morgan fingerprint density at radius 3 is 2.74 bits per heavy atom. The van der Waals surface area contributed by atoms with Gasteiger partial charge in [-0.05, 0) is 31.3 Å². The maximum atomic E-state index is 12.9. The molecule has 0 saturated carbocycles. The van der Waals surface area contributed by atoms with Crippen molar-refractivity contribution >= 4 is 18.2 Å². The molecule has 0 spiro atoms. The van der Waals surface area contributed by atoms with Crippen LogP contribution in [0.15, 0.2) is 23.8 Å². The lowest BCUT2D eigenvalue weighted by atomic mass is 9.94. The van der Waals surface area contributed by atoms with Gasteiger partial charge in [-0.3, -0.25) is 14.4 Å². The van der Waals surface area contributed by atoms with E-state index in [0.29, 0.717) is 13.0 Å². The molecule has 150 valence electrons. The average Bonchev–Trinajstić information content (AvgIpc) is 3.16. The summed E-state index contributed by atoms with van der Waals surface area (Å²) in [5, 5.41) is 5.50. The van der Waals surface area contributed by atoms with E-state index in [1.807, 2.05) is 6.08 Å². The zero-order valence-electron chi connectivity index (χ0n) is 16.4. The Hall–Kier alpha value is -2.15. The Morgan fingerprint density at radius 1 is 1.37 bits per heavy atom. The smallest absolute Gasteiger partial charge is 0.242 e. The first-order chi connectivity index (χ1) is 13.0. The molecule has 2 N–H and O–H groups in total. The van der Waals surface area contributed by atoms with Gasteiger partial charge in [0.2, 0.25) is 18.2 Å². The third-order valence-corrected chi connectivity index (χ3v) is 5.43. The van der Waals surface area contributed by atoms with Gasteiger partial charge in [0.15, 0.2) is 0 Å². The molecule has 0 radical (unpaired) electrons. The second-order valence-corrected chi connectivity index (χ2v) is 7.18. The van der Waals surface area contributed by atoms with E-state index < -0.39 is 18.1 Å². The number of likely N-dealkylation sites (N-methyl/N-ethyl adjacent to an activating group) is 1. The summed E-state index contributed by atoms with van der Waals surface area (Å²) in [6, 6.07) is -0.752. The van der Waals surface area contributed by atoms with Crippen molar-refractivity contribution in [1.29, 1.82) is 0 Å². The molecule has 0 aromatic heterocycles. The van der Waals surface area contributed by atoms with Gasteiger partial charge in [-0.1, -0.05) is 25.2 Å². The monoisotopic (exact) mass is 377 g/mol. The van der Waals surface area contributed by atoms with Crippen LogP contribution in [-0.2, 0) is 19.1 Å². The molecule has 4 unspecified atom stereocenters. The Morgan fingerprint density at radius 2 is 2.15 bits per heavy atom. The summed E-state index contributed by atoms with van der Waals surface area (Å²) in [6.45, 7) is 2.47. The van der Waals surface area contributed by atoms with Crippen LogP contribution in [0.4, 0.5) is 0 Å². The molecule has 4 atom stereocenters. The maximum Gasteiger partial charge on any atom is 0.242 e. The number of hydrogen-bond acceptors (Lipinski definition) is 4. The minimum absolute atomic E-state index is 0.115. The number of carbonyl (C=O) groups excluding carboxylic acids is 3. The lowest BCUT2D eigenvalue weighted by molar-refractivity contribution is -0.136. The van der Waals surface area contributed by atoms with Crippen LogP contribution in [-0.4, -0.2) is 62.0 Å². The molecule has 0 bridgehead atoms. The molecule has 7 nitrogen and oxygen atoms in total. The summed E-state index contributed by atoms with van der Waals surface area (Å²) in [5.41, 5.74) is 1.05. The SMILES string of the molecule is CNC(=O)C(CC1=CCCC=C1)NC(=O)C(C)C(OC)C1CCCN1C=O. The second kappa shape index (κ2) is 10.3. The number of ether oxygens (including phenoxy) is 1. The zero-order chi connectivity index (χ0) is 19.8. The molecule has 1 saturated heterocycles. The lowest BCUT2D eigenvalue weighted by Crippen LogP contribution is -2.52. The van der Waals surface area contributed by atoms with Gasteiger partial charge in [-0.2, -0.15) is 0 Å². The van der Waals surface area contributed by atoms with Crippen molar-refractivity contribution in [2.45, 2.75) is 57.2 Å². The fourth-order valence-corrected chi connectivity index (χ4v) is 3.88. The molecule has 1 aliphatic heterocycles. The quantitative estimate of drug-likeness (QED) is 0.590. The van der Waals surface area contributed by atoms with E-state index >= 15 is 0 Å². The summed E-state index contributed by atoms with van der Waals surface area (Å²) in [4.78, 5) is 38.1. The van der Waals surface area contributed by atoms with Gasteiger partial charge in [-0.15, -0.1) is 0 Å². The molecule has 0 aromatic carbocycles. The van der Waals surface area contributed by atoms with Gasteiger partial charge in [0.25, 0.3) is 0 Å².